The Labute approximate surface area is 85.8 Å². The fourth-order valence-electron chi connectivity index (χ4n) is 1.51. The second-order valence-corrected chi connectivity index (χ2v) is 5.63. The molecule has 1 heterocycles. The molecule has 1 atom stereocenters. The van der Waals surface area contributed by atoms with Crippen molar-refractivity contribution in [2.75, 3.05) is 13.1 Å². The maximum Gasteiger partial charge on any atom is 0.215 e. The SMILES string of the molecule is C=CC(C)NS(=O)(=O)C1CCNCC1. The molecule has 5 heteroatoms. The van der Waals surface area contributed by atoms with Crippen LogP contribution in [0.2, 0.25) is 0 Å². The molecule has 0 saturated carbocycles. The molecule has 0 spiro atoms. The molecular weight excluding hydrogens is 200 g/mol. The van der Waals surface area contributed by atoms with Crippen molar-refractivity contribution in [2.24, 2.45) is 0 Å². The van der Waals surface area contributed by atoms with Gasteiger partial charge in [-0.1, -0.05) is 6.08 Å². The molecule has 82 valence electrons. The Balaban J connectivity index is 2.59. The maximum atomic E-state index is 11.8. The van der Waals surface area contributed by atoms with E-state index in [1.807, 2.05) is 0 Å². The van der Waals surface area contributed by atoms with Crippen molar-refractivity contribution in [2.45, 2.75) is 31.1 Å². The van der Waals surface area contributed by atoms with E-state index in [1.165, 1.54) is 0 Å². The van der Waals surface area contributed by atoms with Gasteiger partial charge in [0.2, 0.25) is 10.0 Å². The summed E-state index contributed by atoms with van der Waals surface area (Å²) in [5.74, 6) is 0. The van der Waals surface area contributed by atoms with Crippen LogP contribution in [-0.2, 0) is 10.0 Å². The van der Waals surface area contributed by atoms with Crippen molar-refractivity contribution in [1.29, 1.82) is 0 Å². The highest BCUT2D eigenvalue weighted by molar-refractivity contribution is 7.90. The van der Waals surface area contributed by atoms with Crippen LogP contribution in [0.1, 0.15) is 19.8 Å². The van der Waals surface area contributed by atoms with Gasteiger partial charge in [-0.2, -0.15) is 0 Å². The van der Waals surface area contributed by atoms with Gasteiger partial charge in [-0.3, -0.25) is 0 Å². The zero-order valence-corrected chi connectivity index (χ0v) is 9.31. The molecular formula is C9H18N2O2S. The van der Waals surface area contributed by atoms with E-state index >= 15 is 0 Å². The van der Waals surface area contributed by atoms with E-state index in [0.717, 1.165) is 13.1 Å². The van der Waals surface area contributed by atoms with Crippen LogP contribution in [0, 0.1) is 0 Å². The van der Waals surface area contributed by atoms with Crippen LogP contribution in [0.15, 0.2) is 12.7 Å². The molecule has 4 nitrogen and oxygen atoms in total. The molecule has 2 N–H and O–H groups in total. The van der Waals surface area contributed by atoms with Gasteiger partial charge in [0.05, 0.1) is 5.25 Å². The molecule has 0 aromatic rings. The summed E-state index contributed by atoms with van der Waals surface area (Å²) < 4.78 is 26.1. The summed E-state index contributed by atoms with van der Waals surface area (Å²) >= 11 is 0. The van der Waals surface area contributed by atoms with Crippen LogP contribution in [0.3, 0.4) is 0 Å². The van der Waals surface area contributed by atoms with Crippen LogP contribution in [0.5, 0.6) is 0 Å². The van der Waals surface area contributed by atoms with E-state index in [4.69, 9.17) is 0 Å². The van der Waals surface area contributed by atoms with Crippen LogP contribution >= 0.6 is 0 Å². The number of piperidine rings is 1. The average Bonchev–Trinajstić information content (AvgIpc) is 2.18. The third-order valence-corrected chi connectivity index (χ3v) is 4.48. The lowest BCUT2D eigenvalue weighted by atomic mass is 10.2. The first-order valence-corrected chi connectivity index (χ1v) is 6.45. The van der Waals surface area contributed by atoms with Crippen molar-refractivity contribution < 1.29 is 8.42 Å². The number of rotatable bonds is 4. The van der Waals surface area contributed by atoms with Crippen LogP contribution in [0.25, 0.3) is 0 Å². The monoisotopic (exact) mass is 218 g/mol. The summed E-state index contributed by atoms with van der Waals surface area (Å²) in [6, 6.07) is -0.185. The number of sulfonamides is 1. The van der Waals surface area contributed by atoms with Gasteiger partial charge >= 0.3 is 0 Å². The zero-order chi connectivity index (χ0) is 10.6. The standard InChI is InChI=1S/C9H18N2O2S/c1-3-8(2)11-14(12,13)9-4-6-10-7-5-9/h3,8-11H,1,4-7H2,2H3. The van der Waals surface area contributed by atoms with Crippen molar-refractivity contribution in [3.63, 3.8) is 0 Å². The number of hydrogen-bond acceptors (Lipinski definition) is 3. The van der Waals surface area contributed by atoms with Crippen molar-refractivity contribution in [1.82, 2.24) is 10.0 Å². The second-order valence-electron chi connectivity index (χ2n) is 3.64. The van der Waals surface area contributed by atoms with E-state index < -0.39 is 10.0 Å². The lowest BCUT2D eigenvalue weighted by Crippen LogP contribution is -2.43. The highest BCUT2D eigenvalue weighted by Gasteiger charge is 2.27. The van der Waals surface area contributed by atoms with Crippen LogP contribution in [0.4, 0.5) is 0 Å². The summed E-state index contributed by atoms with van der Waals surface area (Å²) in [6.45, 7) is 6.91. The molecule has 0 aliphatic carbocycles. The third-order valence-electron chi connectivity index (χ3n) is 2.43. The highest BCUT2D eigenvalue weighted by Crippen LogP contribution is 2.12. The second kappa shape index (κ2) is 4.91. The smallest absolute Gasteiger partial charge is 0.215 e. The minimum absolute atomic E-state index is 0.185. The van der Waals surface area contributed by atoms with Gasteiger partial charge in [0, 0.05) is 6.04 Å². The fourth-order valence-corrected chi connectivity index (χ4v) is 3.17. The molecule has 0 aromatic heterocycles. The topological polar surface area (TPSA) is 58.2 Å². The molecule has 1 aliphatic heterocycles. The minimum Gasteiger partial charge on any atom is -0.317 e. The Morgan fingerprint density at radius 2 is 2.07 bits per heavy atom. The number of nitrogens with one attached hydrogen (secondary N) is 2. The van der Waals surface area contributed by atoms with E-state index in [0.29, 0.717) is 12.8 Å². The van der Waals surface area contributed by atoms with Gasteiger partial charge < -0.3 is 5.32 Å². The minimum atomic E-state index is -3.16. The predicted octanol–water partition coefficient (Wildman–Crippen LogP) is 0.232. The van der Waals surface area contributed by atoms with Gasteiger partial charge in [0.15, 0.2) is 0 Å². The summed E-state index contributed by atoms with van der Waals surface area (Å²) in [6.07, 6.45) is 2.98. The molecule has 1 unspecified atom stereocenters. The summed E-state index contributed by atoms with van der Waals surface area (Å²) in [4.78, 5) is 0. The Hall–Kier alpha value is -0.390. The highest BCUT2D eigenvalue weighted by atomic mass is 32.2. The predicted molar refractivity (Wildman–Crippen MR) is 57.6 cm³/mol. The third kappa shape index (κ3) is 3.08. The van der Waals surface area contributed by atoms with E-state index in [-0.39, 0.29) is 11.3 Å². The maximum absolute atomic E-state index is 11.8. The summed E-state index contributed by atoms with van der Waals surface area (Å²) in [5.41, 5.74) is 0. The zero-order valence-electron chi connectivity index (χ0n) is 8.49. The van der Waals surface area contributed by atoms with Crippen molar-refractivity contribution in [3.05, 3.63) is 12.7 Å². The van der Waals surface area contributed by atoms with E-state index in [9.17, 15) is 8.42 Å². The Morgan fingerprint density at radius 1 is 1.50 bits per heavy atom. The molecule has 1 aliphatic rings. The summed E-state index contributed by atoms with van der Waals surface area (Å²) in [5, 5.41) is 2.90. The van der Waals surface area contributed by atoms with Crippen molar-refractivity contribution in [3.8, 4) is 0 Å². The van der Waals surface area contributed by atoms with E-state index in [2.05, 4.69) is 16.6 Å². The molecule has 1 rings (SSSR count). The van der Waals surface area contributed by atoms with Gasteiger partial charge in [0.1, 0.15) is 0 Å². The Bertz CT molecular complexity index is 281. The van der Waals surface area contributed by atoms with E-state index in [1.54, 1.807) is 13.0 Å². The molecule has 1 saturated heterocycles. The Kier molecular flexibility index (Phi) is 4.10. The number of hydrogen-bond donors (Lipinski definition) is 2. The molecule has 0 aromatic carbocycles. The van der Waals surface area contributed by atoms with Crippen LogP contribution in [-0.4, -0.2) is 32.8 Å². The first kappa shape index (κ1) is 11.7. The average molecular weight is 218 g/mol. The largest absolute Gasteiger partial charge is 0.317 e. The van der Waals surface area contributed by atoms with Gasteiger partial charge in [-0.15, -0.1) is 6.58 Å². The molecule has 0 amide bonds. The van der Waals surface area contributed by atoms with Gasteiger partial charge in [-0.05, 0) is 32.9 Å². The first-order valence-electron chi connectivity index (χ1n) is 4.90. The fraction of sp³-hybridized carbons (Fsp3) is 0.778. The van der Waals surface area contributed by atoms with Crippen molar-refractivity contribution >= 4 is 10.0 Å². The van der Waals surface area contributed by atoms with Gasteiger partial charge in [0.25, 0.3) is 0 Å². The molecule has 1 fully saturated rings. The van der Waals surface area contributed by atoms with Gasteiger partial charge in [-0.25, -0.2) is 13.1 Å². The molecule has 0 radical (unpaired) electrons. The molecule has 14 heavy (non-hydrogen) atoms. The van der Waals surface area contributed by atoms with Crippen LogP contribution < -0.4 is 10.0 Å². The first-order chi connectivity index (χ1) is 6.56. The summed E-state index contributed by atoms with van der Waals surface area (Å²) in [7, 11) is -3.16. The lowest BCUT2D eigenvalue weighted by molar-refractivity contribution is 0.487. The lowest BCUT2D eigenvalue weighted by Gasteiger charge is -2.24. The molecule has 0 bridgehead atoms. The normalized spacial score (nSPS) is 21.8. The Morgan fingerprint density at radius 3 is 2.57 bits per heavy atom. The quantitative estimate of drug-likeness (QED) is 0.664.